The molecule has 1 saturated heterocycles. The van der Waals surface area contributed by atoms with Crippen molar-refractivity contribution in [2.45, 2.75) is 25.8 Å². The molecule has 1 N–H and O–H groups in total. The number of nitrogens with one attached hydrogen (secondary N) is 1. The van der Waals surface area contributed by atoms with E-state index in [-0.39, 0.29) is 17.7 Å². The quantitative estimate of drug-likeness (QED) is 0.916. The third-order valence-corrected chi connectivity index (χ3v) is 4.19. The van der Waals surface area contributed by atoms with E-state index in [1.807, 2.05) is 12.1 Å². The van der Waals surface area contributed by atoms with Gasteiger partial charge in [0.15, 0.2) is 0 Å². The fourth-order valence-corrected chi connectivity index (χ4v) is 2.69. The summed E-state index contributed by atoms with van der Waals surface area (Å²) < 4.78 is 0. The summed E-state index contributed by atoms with van der Waals surface area (Å²) in [5.41, 5.74) is 0.822. The largest absolute Gasteiger partial charge is 0.314 e. The molecule has 1 fully saturated rings. The van der Waals surface area contributed by atoms with Gasteiger partial charge in [-0.25, -0.2) is 0 Å². The first-order chi connectivity index (χ1) is 8.09. The molecule has 0 aliphatic carbocycles. The number of carbonyl (C=O) groups is 1. The van der Waals surface area contributed by atoms with E-state index < -0.39 is 0 Å². The summed E-state index contributed by atoms with van der Waals surface area (Å²) in [6.45, 7) is 2.97. The van der Waals surface area contributed by atoms with Crippen molar-refractivity contribution in [2.24, 2.45) is 5.92 Å². The van der Waals surface area contributed by atoms with Gasteiger partial charge in [0.05, 0.1) is 10.0 Å². The summed E-state index contributed by atoms with van der Waals surface area (Å²) in [7, 11) is 0. The van der Waals surface area contributed by atoms with Crippen LogP contribution >= 0.6 is 23.2 Å². The van der Waals surface area contributed by atoms with Gasteiger partial charge in [-0.3, -0.25) is 4.79 Å². The molecule has 1 aliphatic heterocycles. The zero-order valence-corrected chi connectivity index (χ0v) is 11.2. The van der Waals surface area contributed by atoms with E-state index >= 15 is 0 Å². The summed E-state index contributed by atoms with van der Waals surface area (Å²) in [4.78, 5) is 12.1. The van der Waals surface area contributed by atoms with Gasteiger partial charge in [0.2, 0.25) is 0 Å². The fraction of sp³-hybridized carbons (Fsp3) is 0.462. The standard InChI is InChI=1S/C13H15Cl2NO/c1-8-10(5-6-16-8)12(17)7-9-3-2-4-11(14)13(9)15/h2-4,8,10,16H,5-7H2,1H3. The lowest BCUT2D eigenvalue weighted by atomic mass is 9.92. The van der Waals surface area contributed by atoms with Crippen LogP contribution < -0.4 is 5.32 Å². The van der Waals surface area contributed by atoms with Crippen molar-refractivity contribution in [1.82, 2.24) is 5.32 Å². The normalized spacial score (nSPS) is 23.9. The van der Waals surface area contributed by atoms with Crippen molar-refractivity contribution in [3.63, 3.8) is 0 Å². The van der Waals surface area contributed by atoms with E-state index in [4.69, 9.17) is 23.2 Å². The lowest BCUT2D eigenvalue weighted by Gasteiger charge is -2.14. The topological polar surface area (TPSA) is 29.1 Å². The lowest BCUT2D eigenvalue weighted by Crippen LogP contribution is -2.29. The second-order valence-electron chi connectivity index (χ2n) is 4.49. The maximum absolute atomic E-state index is 12.1. The highest BCUT2D eigenvalue weighted by Gasteiger charge is 2.29. The van der Waals surface area contributed by atoms with Gasteiger partial charge in [-0.05, 0) is 31.5 Å². The Labute approximate surface area is 111 Å². The van der Waals surface area contributed by atoms with Crippen LogP contribution in [-0.2, 0) is 11.2 Å². The van der Waals surface area contributed by atoms with Gasteiger partial charge in [-0.15, -0.1) is 0 Å². The zero-order chi connectivity index (χ0) is 12.4. The number of ketones is 1. The minimum absolute atomic E-state index is 0.102. The average molecular weight is 272 g/mol. The molecule has 0 radical (unpaired) electrons. The lowest BCUT2D eigenvalue weighted by molar-refractivity contribution is -0.122. The second kappa shape index (κ2) is 5.38. The van der Waals surface area contributed by atoms with E-state index in [0.29, 0.717) is 16.5 Å². The van der Waals surface area contributed by atoms with Gasteiger partial charge in [-0.1, -0.05) is 35.3 Å². The number of carbonyl (C=O) groups excluding carboxylic acids is 1. The molecule has 2 rings (SSSR count). The van der Waals surface area contributed by atoms with Crippen LogP contribution in [0, 0.1) is 5.92 Å². The summed E-state index contributed by atoms with van der Waals surface area (Å²) in [6, 6.07) is 5.68. The fourth-order valence-electron chi connectivity index (χ4n) is 2.30. The van der Waals surface area contributed by atoms with Crippen LogP contribution in [0.1, 0.15) is 18.9 Å². The highest BCUT2D eigenvalue weighted by atomic mass is 35.5. The molecule has 1 heterocycles. The van der Waals surface area contributed by atoms with E-state index in [1.165, 1.54) is 0 Å². The predicted octanol–water partition coefficient (Wildman–Crippen LogP) is 3.10. The highest BCUT2D eigenvalue weighted by molar-refractivity contribution is 6.42. The summed E-state index contributed by atoms with van der Waals surface area (Å²) in [5.74, 6) is 0.344. The predicted molar refractivity (Wildman–Crippen MR) is 70.7 cm³/mol. The van der Waals surface area contributed by atoms with Crippen LogP contribution in [0.25, 0.3) is 0 Å². The first-order valence-corrected chi connectivity index (χ1v) is 6.54. The van der Waals surface area contributed by atoms with Crippen molar-refractivity contribution in [2.75, 3.05) is 6.54 Å². The minimum Gasteiger partial charge on any atom is -0.314 e. The van der Waals surface area contributed by atoms with Crippen LogP contribution in [0.3, 0.4) is 0 Å². The minimum atomic E-state index is 0.102. The Morgan fingerprint density at radius 3 is 2.88 bits per heavy atom. The number of hydrogen-bond donors (Lipinski definition) is 1. The van der Waals surface area contributed by atoms with Gasteiger partial charge in [0.25, 0.3) is 0 Å². The van der Waals surface area contributed by atoms with Gasteiger partial charge >= 0.3 is 0 Å². The van der Waals surface area contributed by atoms with Gasteiger partial charge in [-0.2, -0.15) is 0 Å². The van der Waals surface area contributed by atoms with E-state index in [2.05, 4.69) is 12.2 Å². The smallest absolute Gasteiger partial charge is 0.141 e. The van der Waals surface area contributed by atoms with Crippen LogP contribution in [0.2, 0.25) is 10.0 Å². The number of halogens is 2. The summed E-state index contributed by atoms with van der Waals surface area (Å²) >= 11 is 12.0. The van der Waals surface area contributed by atoms with E-state index in [1.54, 1.807) is 6.07 Å². The van der Waals surface area contributed by atoms with Crippen molar-refractivity contribution >= 4 is 29.0 Å². The molecule has 1 aliphatic rings. The molecule has 17 heavy (non-hydrogen) atoms. The molecule has 0 aromatic heterocycles. The molecule has 0 amide bonds. The molecule has 0 spiro atoms. The monoisotopic (exact) mass is 271 g/mol. The molecule has 92 valence electrons. The summed E-state index contributed by atoms with van der Waals surface area (Å²) in [5, 5.41) is 4.29. The SMILES string of the molecule is CC1NCCC1C(=O)Cc1cccc(Cl)c1Cl. The molecule has 0 saturated carbocycles. The summed E-state index contributed by atoms with van der Waals surface area (Å²) in [6.07, 6.45) is 1.29. The number of rotatable bonds is 3. The molecular weight excluding hydrogens is 257 g/mol. The highest BCUT2D eigenvalue weighted by Crippen LogP contribution is 2.27. The van der Waals surface area contributed by atoms with Gasteiger partial charge in [0.1, 0.15) is 5.78 Å². The zero-order valence-electron chi connectivity index (χ0n) is 9.67. The number of hydrogen-bond acceptors (Lipinski definition) is 2. The Kier molecular flexibility index (Phi) is 4.08. The van der Waals surface area contributed by atoms with Crippen molar-refractivity contribution < 1.29 is 4.79 Å². The Balaban J connectivity index is 2.10. The maximum atomic E-state index is 12.1. The first-order valence-electron chi connectivity index (χ1n) is 5.78. The van der Waals surface area contributed by atoms with E-state index in [0.717, 1.165) is 18.5 Å². The molecule has 1 aromatic rings. The molecule has 4 heteroatoms. The van der Waals surface area contributed by atoms with Crippen molar-refractivity contribution in [3.05, 3.63) is 33.8 Å². The van der Waals surface area contributed by atoms with Crippen LogP contribution in [0.15, 0.2) is 18.2 Å². The third kappa shape index (κ3) is 2.82. The molecule has 2 nitrogen and oxygen atoms in total. The molecule has 1 aromatic carbocycles. The van der Waals surface area contributed by atoms with Crippen LogP contribution in [-0.4, -0.2) is 18.4 Å². The first kappa shape index (κ1) is 12.9. The molecule has 2 unspecified atom stereocenters. The Hall–Kier alpha value is -0.570. The Morgan fingerprint density at radius 1 is 1.47 bits per heavy atom. The Morgan fingerprint density at radius 2 is 2.24 bits per heavy atom. The van der Waals surface area contributed by atoms with Gasteiger partial charge in [0, 0.05) is 18.4 Å². The van der Waals surface area contributed by atoms with Crippen molar-refractivity contribution in [1.29, 1.82) is 0 Å². The third-order valence-electron chi connectivity index (χ3n) is 3.34. The second-order valence-corrected chi connectivity index (χ2v) is 5.28. The van der Waals surface area contributed by atoms with E-state index in [9.17, 15) is 4.79 Å². The van der Waals surface area contributed by atoms with Crippen molar-refractivity contribution in [3.8, 4) is 0 Å². The Bertz CT molecular complexity index is 433. The number of Topliss-reactive ketones (excluding diaryl/α,β-unsaturated/α-hetero) is 1. The average Bonchev–Trinajstić information content (AvgIpc) is 2.71. The molecular formula is C13H15Cl2NO. The molecule has 2 atom stereocenters. The van der Waals surface area contributed by atoms with Crippen LogP contribution in [0.4, 0.5) is 0 Å². The van der Waals surface area contributed by atoms with Gasteiger partial charge < -0.3 is 5.32 Å². The molecule has 0 bridgehead atoms. The van der Waals surface area contributed by atoms with Crippen LogP contribution in [0.5, 0.6) is 0 Å². The maximum Gasteiger partial charge on any atom is 0.141 e. The number of benzene rings is 1.